The average molecular weight is 223 g/mol. The molecule has 0 saturated carbocycles. The lowest BCUT2D eigenvalue weighted by Crippen LogP contribution is -2.22. The fourth-order valence-electron chi connectivity index (χ4n) is 2.34. The van der Waals surface area contributed by atoms with E-state index in [1.165, 1.54) is 27.7 Å². The minimum Gasteiger partial charge on any atom is -0.357 e. The molecular weight excluding hydrogens is 208 g/mol. The predicted octanol–water partition coefficient (Wildman–Crippen LogP) is 2.54. The molecule has 3 heteroatoms. The summed E-state index contributed by atoms with van der Waals surface area (Å²) < 4.78 is 0. The molecule has 0 radical (unpaired) electrons. The summed E-state index contributed by atoms with van der Waals surface area (Å²) in [5.41, 5.74) is 5.56. The van der Waals surface area contributed by atoms with E-state index in [4.69, 9.17) is 0 Å². The minimum atomic E-state index is 0. The summed E-state index contributed by atoms with van der Waals surface area (Å²) in [6.45, 7) is 4.26. The maximum Gasteiger partial charge on any atom is 0.0489 e. The van der Waals surface area contributed by atoms with Gasteiger partial charge in [0.05, 0.1) is 0 Å². The fourth-order valence-corrected chi connectivity index (χ4v) is 2.34. The van der Waals surface area contributed by atoms with Crippen molar-refractivity contribution in [3.05, 3.63) is 35.0 Å². The van der Waals surface area contributed by atoms with Crippen molar-refractivity contribution in [2.45, 2.75) is 19.9 Å². The van der Waals surface area contributed by atoms with Gasteiger partial charge in [-0.05, 0) is 31.0 Å². The van der Waals surface area contributed by atoms with Crippen molar-refractivity contribution in [2.24, 2.45) is 0 Å². The molecule has 0 saturated heterocycles. The summed E-state index contributed by atoms with van der Waals surface area (Å²) in [4.78, 5) is 3.52. The van der Waals surface area contributed by atoms with Crippen molar-refractivity contribution in [3.63, 3.8) is 0 Å². The molecule has 2 aromatic rings. The number of para-hydroxylation sites is 1. The molecule has 2 heterocycles. The van der Waals surface area contributed by atoms with Crippen LogP contribution in [-0.2, 0) is 13.0 Å². The van der Waals surface area contributed by atoms with E-state index >= 15 is 0 Å². The summed E-state index contributed by atoms with van der Waals surface area (Å²) in [6.07, 6.45) is 1.15. The number of aryl methyl sites for hydroxylation is 1. The van der Waals surface area contributed by atoms with Gasteiger partial charge in [0.2, 0.25) is 0 Å². The van der Waals surface area contributed by atoms with Gasteiger partial charge in [-0.2, -0.15) is 0 Å². The van der Waals surface area contributed by atoms with Crippen molar-refractivity contribution >= 4 is 23.3 Å². The molecular formula is C12H15ClN2. The van der Waals surface area contributed by atoms with Crippen LogP contribution in [0, 0.1) is 6.92 Å². The zero-order valence-corrected chi connectivity index (χ0v) is 9.58. The predicted molar refractivity (Wildman–Crippen MR) is 65.7 cm³/mol. The Balaban J connectivity index is 0.000000853. The zero-order valence-electron chi connectivity index (χ0n) is 8.76. The van der Waals surface area contributed by atoms with Gasteiger partial charge in [0.15, 0.2) is 0 Å². The van der Waals surface area contributed by atoms with Gasteiger partial charge < -0.3 is 10.3 Å². The first-order chi connectivity index (χ1) is 6.86. The summed E-state index contributed by atoms with van der Waals surface area (Å²) in [5.74, 6) is 0. The van der Waals surface area contributed by atoms with Gasteiger partial charge >= 0.3 is 0 Å². The van der Waals surface area contributed by atoms with Gasteiger partial charge in [-0.3, -0.25) is 0 Å². The van der Waals surface area contributed by atoms with Crippen LogP contribution in [0.2, 0.25) is 0 Å². The van der Waals surface area contributed by atoms with E-state index < -0.39 is 0 Å². The topological polar surface area (TPSA) is 27.8 Å². The number of rotatable bonds is 0. The van der Waals surface area contributed by atoms with Gasteiger partial charge in [0.25, 0.3) is 0 Å². The Labute approximate surface area is 95.5 Å². The van der Waals surface area contributed by atoms with Crippen molar-refractivity contribution in [1.29, 1.82) is 0 Å². The normalized spacial score (nSPS) is 14.7. The van der Waals surface area contributed by atoms with E-state index in [9.17, 15) is 0 Å². The smallest absolute Gasteiger partial charge is 0.0489 e. The standard InChI is InChI=1S/C12H14N2.ClH/c1-8-3-2-4-10-9-5-6-13-7-11(9)14-12(8)10;/h2-4,13-14H,5-7H2,1H3;1H. The first-order valence-electron chi connectivity index (χ1n) is 5.16. The lowest BCUT2D eigenvalue weighted by atomic mass is 10.0. The highest BCUT2D eigenvalue weighted by atomic mass is 35.5. The van der Waals surface area contributed by atoms with Gasteiger partial charge in [-0.25, -0.2) is 0 Å². The molecule has 1 aliphatic heterocycles. The third kappa shape index (κ3) is 1.54. The number of halogens is 1. The lowest BCUT2D eigenvalue weighted by Gasteiger charge is -2.12. The summed E-state index contributed by atoms with van der Waals surface area (Å²) in [6, 6.07) is 6.54. The van der Waals surface area contributed by atoms with Gasteiger partial charge in [0, 0.05) is 23.1 Å². The Morgan fingerprint density at radius 3 is 3.00 bits per heavy atom. The fraction of sp³-hybridized carbons (Fsp3) is 0.333. The van der Waals surface area contributed by atoms with E-state index in [0.717, 1.165) is 19.5 Å². The van der Waals surface area contributed by atoms with Crippen LogP contribution in [-0.4, -0.2) is 11.5 Å². The zero-order chi connectivity index (χ0) is 9.54. The number of hydrogen-bond acceptors (Lipinski definition) is 1. The summed E-state index contributed by atoms with van der Waals surface area (Å²) in [7, 11) is 0. The first-order valence-corrected chi connectivity index (χ1v) is 5.16. The molecule has 3 rings (SSSR count). The third-order valence-corrected chi connectivity index (χ3v) is 3.09. The van der Waals surface area contributed by atoms with Crippen LogP contribution >= 0.6 is 12.4 Å². The Hall–Kier alpha value is -0.990. The van der Waals surface area contributed by atoms with Crippen LogP contribution < -0.4 is 5.32 Å². The van der Waals surface area contributed by atoms with Crippen molar-refractivity contribution in [2.75, 3.05) is 6.54 Å². The Bertz CT molecular complexity index is 488. The largest absolute Gasteiger partial charge is 0.357 e. The number of H-pyrrole nitrogens is 1. The summed E-state index contributed by atoms with van der Waals surface area (Å²) >= 11 is 0. The number of aromatic nitrogens is 1. The Kier molecular flexibility index (Phi) is 2.72. The molecule has 2 N–H and O–H groups in total. The molecule has 1 aromatic heterocycles. The Morgan fingerprint density at radius 2 is 2.13 bits per heavy atom. The third-order valence-electron chi connectivity index (χ3n) is 3.09. The van der Waals surface area contributed by atoms with E-state index in [-0.39, 0.29) is 12.4 Å². The molecule has 0 amide bonds. The maximum absolute atomic E-state index is 3.52. The molecule has 0 fully saturated rings. The van der Waals surface area contributed by atoms with E-state index in [1.807, 2.05) is 0 Å². The van der Waals surface area contributed by atoms with Crippen LogP contribution in [0.15, 0.2) is 18.2 Å². The van der Waals surface area contributed by atoms with Crippen molar-refractivity contribution in [1.82, 2.24) is 10.3 Å². The Morgan fingerprint density at radius 1 is 1.27 bits per heavy atom. The average Bonchev–Trinajstić information content (AvgIpc) is 2.59. The highest BCUT2D eigenvalue weighted by Gasteiger charge is 2.14. The monoisotopic (exact) mass is 222 g/mol. The highest BCUT2D eigenvalue weighted by Crippen LogP contribution is 2.26. The number of hydrogen-bond donors (Lipinski definition) is 2. The van der Waals surface area contributed by atoms with Crippen LogP contribution in [0.25, 0.3) is 10.9 Å². The quantitative estimate of drug-likeness (QED) is 0.705. The van der Waals surface area contributed by atoms with Crippen LogP contribution in [0.1, 0.15) is 16.8 Å². The SMILES string of the molecule is Cc1cccc2c3c([nH]c12)CNCC3.Cl. The second-order valence-electron chi connectivity index (χ2n) is 4.01. The van der Waals surface area contributed by atoms with Crippen LogP contribution in [0.4, 0.5) is 0 Å². The van der Waals surface area contributed by atoms with Gasteiger partial charge in [0.1, 0.15) is 0 Å². The second kappa shape index (κ2) is 3.87. The molecule has 0 aliphatic carbocycles. The molecule has 1 aliphatic rings. The van der Waals surface area contributed by atoms with E-state index in [0.29, 0.717) is 0 Å². The molecule has 1 aromatic carbocycles. The van der Waals surface area contributed by atoms with E-state index in [2.05, 4.69) is 35.4 Å². The maximum atomic E-state index is 3.52. The molecule has 0 unspecified atom stereocenters. The highest BCUT2D eigenvalue weighted by molar-refractivity contribution is 5.87. The molecule has 0 bridgehead atoms. The number of nitrogens with one attached hydrogen (secondary N) is 2. The summed E-state index contributed by atoms with van der Waals surface area (Å²) in [5, 5.41) is 4.81. The molecule has 15 heavy (non-hydrogen) atoms. The van der Waals surface area contributed by atoms with Crippen LogP contribution in [0.3, 0.4) is 0 Å². The number of aromatic amines is 1. The second-order valence-corrected chi connectivity index (χ2v) is 4.01. The number of benzene rings is 1. The lowest BCUT2D eigenvalue weighted by molar-refractivity contribution is 0.637. The first kappa shape index (κ1) is 10.5. The molecule has 0 atom stereocenters. The van der Waals surface area contributed by atoms with Gasteiger partial charge in [-0.1, -0.05) is 18.2 Å². The number of fused-ring (bicyclic) bond motifs is 3. The molecule has 2 nitrogen and oxygen atoms in total. The van der Waals surface area contributed by atoms with Crippen LogP contribution in [0.5, 0.6) is 0 Å². The van der Waals surface area contributed by atoms with Gasteiger partial charge in [-0.15, -0.1) is 12.4 Å². The molecule has 80 valence electrons. The minimum absolute atomic E-state index is 0. The van der Waals surface area contributed by atoms with Crippen molar-refractivity contribution < 1.29 is 0 Å². The van der Waals surface area contributed by atoms with Crippen molar-refractivity contribution in [3.8, 4) is 0 Å². The van der Waals surface area contributed by atoms with E-state index in [1.54, 1.807) is 0 Å². The molecule has 0 spiro atoms.